The van der Waals surface area contributed by atoms with Crippen LogP contribution in [0, 0.1) is 12.3 Å². The number of carbonyl (C=O) groups is 5. The van der Waals surface area contributed by atoms with Crippen LogP contribution in [0.2, 0.25) is 0 Å². The van der Waals surface area contributed by atoms with Gasteiger partial charge in [-0.15, -0.1) is 11.3 Å². The summed E-state index contributed by atoms with van der Waals surface area (Å²) >= 11 is 1.58. The first-order chi connectivity index (χ1) is 42.6. The van der Waals surface area contributed by atoms with Gasteiger partial charge in [0.25, 0.3) is 5.91 Å². The Hall–Kier alpha value is -6.98. The van der Waals surface area contributed by atoms with Gasteiger partial charge >= 0.3 is 6.18 Å². The van der Waals surface area contributed by atoms with E-state index in [-0.39, 0.29) is 43.1 Å². The summed E-state index contributed by atoms with van der Waals surface area (Å²) in [6.07, 6.45) is 6.09. The number of rotatable bonds is 28. The van der Waals surface area contributed by atoms with Crippen LogP contribution >= 0.6 is 11.3 Å². The maximum absolute atomic E-state index is 14.1. The molecule has 0 spiro atoms. The molecule has 0 aliphatic carbocycles. The molecule has 8 rings (SSSR count). The van der Waals surface area contributed by atoms with Crippen molar-refractivity contribution in [2.45, 2.75) is 149 Å². The number of alkyl halides is 3. The lowest BCUT2D eigenvalue weighted by Crippen LogP contribution is -2.57. The first kappa shape index (κ1) is 67.9. The van der Waals surface area contributed by atoms with Gasteiger partial charge in [-0.25, -0.2) is 4.98 Å². The standard InChI is InChI=1S/C67H90F3N11O7S/c1-46-61(89-45-74-46)49-23-21-47(22-24-49)41-73-64(87)57-39-52(82)44-81(57)65(88)62(66(2,3)4)76-59(84)20-15-13-11-9-7-6-8-10-12-14-19-58(83)71-27-28-78-31-33-79(34-32-78)43-48-17-16-18-50(37-48)51-25-26-56(80-35-29-77(5)30-36-80)55(38-51)75-63(86)53-42-72-60(85)40-54(53)67(68,69)70/h16-18,21-26,37-38,40,42,45,52,57,62,82H,6-15,19-20,27-36,39,41,43-44H2,1-5H3,(H,71,83)(H,72,85)(H,73,87)(H,75,86)(H,76,84)/t52-,57+,62-/m1/s1. The van der Waals surface area contributed by atoms with Crippen molar-refractivity contribution in [3.63, 3.8) is 0 Å². The third kappa shape index (κ3) is 20.0. The molecule has 89 heavy (non-hydrogen) atoms. The zero-order valence-corrected chi connectivity index (χ0v) is 53.1. The van der Waals surface area contributed by atoms with Gasteiger partial charge in [-0.3, -0.25) is 38.6 Å². The van der Waals surface area contributed by atoms with Crippen molar-refractivity contribution >= 4 is 52.2 Å². The fourth-order valence-corrected chi connectivity index (χ4v) is 12.8. The quantitative estimate of drug-likeness (QED) is 0.0259. The average Bonchev–Trinajstić information content (AvgIpc) is 2.31. The number of aliphatic hydroxyl groups is 1. The number of benzene rings is 3. The summed E-state index contributed by atoms with van der Waals surface area (Å²) in [6, 6.07) is 20.4. The zero-order valence-electron chi connectivity index (χ0n) is 52.3. The van der Waals surface area contributed by atoms with Gasteiger partial charge in [0.2, 0.25) is 29.2 Å². The minimum absolute atomic E-state index is 0.0246. The highest BCUT2D eigenvalue weighted by Crippen LogP contribution is 2.36. The number of aromatic nitrogens is 2. The Morgan fingerprint density at radius 2 is 1.37 bits per heavy atom. The molecule has 2 aromatic heterocycles. The molecule has 3 saturated heterocycles. The SMILES string of the molecule is Cc1ncsc1-c1ccc(CNC(=O)[C@@H]2C[C@@H](O)CN2C(=O)[C@@H](NC(=O)CCCCCCCCCCCCC(=O)NCCN2CCN(Cc3cccc(-c4ccc(N5CCN(C)CC5)c(NC(=O)c5c[nH]c(=O)cc5C(F)(F)F)c4)c3)CC2)C(C)(C)C)cc1. The Labute approximate surface area is 525 Å². The topological polar surface area (TPSA) is 216 Å². The van der Waals surface area contributed by atoms with Crippen LogP contribution in [0.1, 0.15) is 137 Å². The molecule has 18 nitrogen and oxygen atoms in total. The average molecular weight is 1250 g/mol. The van der Waals surface area contributed by atoms with Crippen LogP contribution < -0.4 is 31.7 Å². The Balaban J connectivity index is 0.661. The van der Waals surface area contributed by atoms with Crippen molar-refractivity contribution in [3.8, 4) is 21.6 Å². The largest absolute Gasteiger partial charge is 0.417 e. The third-order valence-electron chi connectivity index (χ3n) is 17.2. The summed E-state index contributed by atoms with van der Waals surface area (Å²) in [5, 5.41) is 22.4. The number of piperazine rings is 2. The van der Waals surface area contributed by atoms with Gasteiger partial charge in [0.15, 0.2) is 0 Å². The maximum atomic E-state index is 14.1. The normalized spacial score (nSPS) is 17.4. The molecule has 3 fully saturated rings. The van der Waals surface area contributed by atoms with Crippen LogP contribution in [0.3, 0.4) is 0 Å². The third-order valence-corrected chi connectivity index (χ3v) is 18.2. The zero-order chi connectivity index (χ0) is 63.7. The lowest BCUT2D eigenvalue weighted by molar-refractivity contribution is -0.144. The van der Waals surface area contributed by atoms with Gasteiger partial charge in [-0.2, -0.15) is 13.2 Å². The number of hydrogen-bond donors (Lipinski definition) is 6. The number of β-amino-alcohol motifs (C(OH)–C–C–N with tert-alkyl or cyclic N) is 1. The van der Waals surface area contributed by atoms with Crippen LogP contribution in [0.15, 0.2) is 89.3 Å². The minimum Gasteiger partial charge on any atom is -0.391 e. The number of pyridine rings is 1. The number of thiazole rings is 1. The highest BCUT2D eigenvalue weighted by molar-refractivity contribution is 7.13. The van der Waals surface area contributed by atoms with Crippen LogP contribution in [0.5, 0.6) is 0 Å². The second kappa shape index (κ2) is 32.2. The number of H-pyrrole nitrogens is 1. The van der Waals surface area contributed by atoms with E-state index < -0.39 is 52.4 Å². The predicted octanol–water partition coefficient (Wildman–Crippen LogP) is 9.22. The summed E-state index contributed by atoms with van der Waals surface area (Å²) in [4.78, 5) is 97.0. The van der Waals surface area contributed by atoms with E-state index in [0.717, 1.165) is 155 Å². The van der Waals surface area contributed by atoms with Crippen molar-refractivity contribution in [3.05, 3.63) is 123 Å². The van der Waals surface area contributed by atoms with Crippen molar-refractivity contribution in [2.75, 3.05) is 89.3 Å². The molecule has 482 valence electrons. The summed E-state index contributed by atoms with van der Waals surface area (Å²) in [5.74, 6) is -1.79. The molecule has 5 amide bonds. The van der Waals surface area contributed by atoms with Crippen molar-refractivity contribution in [1.29, 1.82) is 0 Å². The molecule has 3 atom stereocenters. The number of aromatic amines is 1. The lowest BCUT2D eigenvalue weighted by Gasteiger charge is -2.35. The first-order valence-electron chi connectivity index (χ1n) is 31.6. The fourth-order valence-electron chi connectivity index (χ4n) is 11.9. The second-order valence-corrected chi connectivity index (χ2v) is 26.1. The van der Waals surface area contributed by atoms with Crippen LogP contribution in [0.25, 0.3) is 21.6 Å². The lowest BCUT2D eigenvalue weighted by atomic mass is 9.85. The van der Waals surface area contributed by atoms with Gasteiger partial charge in [-0.05, 0) is 78.2 Å². The van der Waals surface area contributed by atoms with E-state index in [1.165, 1.54) is 4.90 Å². The fraction of sp³-hybridized carbons (Fsp3) is 0.537. The summed E-state index contributed by atoms with van der Waals surface area (Å²) < 4.78 is 41.9. The van der Waals surface area contributed by atoms with Crippen molar-refractivity contribution in [1.82, 2.24) is 45.5 Å². The van der Waals surface area contributed by atoms with E-state index >= 15 is 0 Å². The molecule has 0 bridgehead atoms. The van der Waals surface area contributed by atoms with E-state index in [0.29, 0.717) is 56.3 Å². The van der Waals surface area contributed by atoms with Crippen LogP contribution in [-0.4, -0.2) is 161 Å². The Bertz CT molecular complexity index is 3220. The van der Waals surface area contributed by atoms with Crippen molar-refractivity contribution in [2.24, 2.45) is 5.41 Å². The number of anilines is 2. The Morgan fingerprint density at radius 3 is 2.01 bits per heavy atom. The van der Waals surface area contributed by atoms with Crippen LogP contribution in [0.4, 0.5) is 24.5 Å². The van der Waals surface area contributed by atoms with E-state index in [1.807, 2.05) is 88.8 Å². The number of hydrogen-bond acceptors (Lipinski definition) is 13. The number of likely N-dealkylation sites (N-methyl/N-ethyl adjacent to an activating group) is 1. The van der Waals surface area contributed by atoms with Gasteiger partial charge in [0, 0.05) is 117 Å². The molecule has 3 aliphatic rings. The van der Waals surface area contributed by atoms with Gasteiger partial charge in [-0.1, -0.05) is 121 Å². The molecule has 3 aromatic carbocycles. The van der Waals surface area contributed by atoms with Crippen molar-refractivity contribution < 1.29 is 42.3 Å². The molecule has 22 heteroatoms. The molecule has 0 unspecified atom stereocenters. The molecule has 0 saturated carbocycles. The molecule has 3 aliphatic heterocycles. The van der Waals surface area contributed by atoms with E-state index in [1.54, 1.807) is 17.4 Å². The van der Waals surface area contributed by atoms with E-state index in [4.69, 9.17) is 0 Å². The van der Waals surface area contributed by atoms with Gasteiger partial charge < -0.3 is 46.1 Å². The number of halogens is 3. The number of unbranched alkanes of at least 4 members (excludes halogenated alkanes) is 9. The highest BCUT2D eigenvalue weighted by Gasteiger charge is 2.44. The second-order valence-electron chi connectivity index (χ2n) is 25.2. The number of likely N-dealkylation sites (tertiary alicyclic amines) is 1. The molecule has 5 aromatic rings. The number of amides is 5. The minimum atomic E-state index is -4.90. The first-order valence-corrected chi connectivity index (χ1v) is 32.5. The number of aryl methyl sites for hydroxylation is 1. The summed E-state index contributed by atoms with van der Waals surface area (Å²) in [6.45, 7) is 16.5. The van der Waals surface area contributed by atoms with Gasteiger partial charge in [0.1, 0.15) is 12.1 Å². The number of aliphatic hydroxyl groups excluding tert-OH is 1. The van der Waals surface area contributed by atoms with E-state index in [9.17, 15) is 47.0 Å². The Kier molecular flexibility index (Phi) is 24.5. The van der Waals surface area contributed by atoms with Crippen LogP contribution in [-0.2, 0) is 38.4 Å². The summed E-state index contributed by atoms with van der Waals surface area (Å²) in [5.41, 5.74) is 5.10. The number of carbonyl (C=O) groups excluding carboxylic acids is 5. The molecule has 0 radical (unpaired) electrons. The number of nitrogens with one attached hydrogen (secondary N) is 5. The molecule has 6 N–H and O–H groups in total. The molecular weight excluding hydrogens is 1160 g/mol. The predicted molar refractivity (Wildman–Crippen MR) is 343 cm³/mol. The summed E-state index contributed by atoms with van der Waals surface area (Å²) in [7, 11) is 2.03. The molecule has 5 heterocycles. The van der Waals surface area contributed by atoms with Gasteiger partial charge in [0.05, 0.1) is 44.7 Å². The molecular formula is C67H90F3N11O7S. The Morgan fingerprint density at radius 1 is 0.742 bits per heavy atom. The number of nitrogens with zero attached hydrogens (tertiary/aromatic N) is 6. The maximum Gasteiger partial charge on any atom is 0.417 e. The highest BCUT2D eigenvalue weighted by atomic mass is 32.1. The van der Waals surface area contributed by atoms with E-state index in [2.05, 4.69) is 63.0 Å². The monoisotopic (exact) mass is 1250 g/mol. The smallest absolute Gasteiger partial charge is 0.391 e.